The maximum absolute atomic E-state index is 13.8. The molecule has 1 aromatic carbocycles. The average Bonchev–Trinajstić information content (AvgIpc) is 2.69. The number of hydrogen-bond donors (Lipinski definition) is 1. The predicted molar refractivity (Wildman–Crippen MR) is 74.6 cm³/mol. The number of aromatic amines is 1. The first-order valence-electron chi connectivity index (χ1n) is 5.21. The largest absolute Gasteiger partial charge is 0.336 e. The molecule has 0 amide bonds. The van der Waals surface area contributed by atoms with E-state index in [2.05, 4.69) is 46.8 Å². The fourth-order valence-corrected chi connectivity index (χ4v) is 2.49. The number of rotatable bonds is 1. The highest BCUT2D eigenvalue weighted by atomic mass is 79.9. The van der Waals surface area contributed by atoms with Crippen LogP contribution in [0.1, 0.15) is 0 Å². The Labute approximate surface area is 123 Å². The number of aromatic nitrogens is 3. The summed E-state index contributed by atoms with van der Waals surface area (Å²) in [6.07, 6.45) is 1.57. The number of halogens is 4. The van der Waals surface area contributed by atoms with Crippen molar-refractivity contribution < 1.29 is 8.78 Å². The summed E-state index contributed by atoms with van der Waals surface area (Å²) in [5.41, 5.74) is 0.809. The fraction of sp³-hybridized carbons (Fsp3) is 0. The zero-order chi connectivity index (χ0) is 13.6. The summed E-state index contributed by atoms with van der Waals surface area (Å²) >= 11 is 6.31. The number of benzene rings is 1. The van der Waals surface area contributed by atoms with Gasteiger partial charge in [0, 0.05) is 15.1 Å². The van der Waals surface area contributed by atoms with E-state index in [1.807, 2.05) is 0 Å². The predicted octanol–water partition coefficient (Wildman–Crippen LogP) is 4.43. The Balaban J connectivity index is 2.24. The normalized spacial score (nSPS) is 11.2. The first kappa shape index (κ1) is 12.7. The average molecular weight is 389 g/mol. The lowest BCUT2D eigenvalue weighted by atomic mass is 10.2. The van der Waals surface area contributed by atoms with Crippen LogP contribution in [0.3, 0.4) is 0 Å². The van der Waals surface area contributed by atoms with Crippen molar-refractivity contribution in [2.24, 2.45) is 0 Å². The van der Waals surface area contributed by atoms with Gasteiger partial charge in [-0.1, -0.05) is 15.9 Å². The number of imidazole rings is 1. The molecule has 2 heterocycles. The molecular weight excluding hydrogens is 384 g/mol. The molecule has 0 fully saturated rings. The van der Waals surface area contributed by atoms with Crippen LogP contribution in [0.25, 0.3) is 22.6 Å². The van der Waals surface area contributed by atoms with Crippen molar-refractivity contribution in [2.75, 3.05) is 0 Å². The molecule has 0 atom stereocenters. The molecule has 7 heteroatoms. The van der Waals surface area contributed by atoms with Gasteiger partial charge in [0.1, 0.15) is 17.5 Å². The SMILES string of the molecule is Fc1cc(Br)cc(F)c1-c1nc2ncc(Br)cc2[nH]1. The third-order valence-electron chi connectivity index (χ3n) is 2.55. The molecule has 0 spiro atoms. The molecule has 0 radical (unpaired) electrons. The van der Waals surface area contributed by atoms with Crippen LogP contribution in [0.15, 0.2) is 33.3 Å². The summed E-state index contributed by atoms with van der Waals surface area (Å²) in [6, 6.07) is 4.12. The van der Waals surface area contributed by atoms with Gasteiger partial charge in [-0.3, -0.25) is 0 Å². The summed E-state index contributed by atoms with van der Waals surface area (Å²) in [4.78, 5) is 11.0. The first-order valence-corrected chi connectivity index (χ1v) is 6.79. The molecule has 0 bridgehead atoms. The third-order valence-corrected chi connectivity index (χ3v) is 3.44. The molecule has 96 valence electrons. The third kappa shape index (κ3) is 2.28. The van der Waals surface area contributed by atoms with Crippen molar-refractivity contribution in [1.82, 2.24) is 15.0 Å². The Hall–Kier alpha value is -1.34. The molecule has 3 aromatic rings. The highest BCUT2D eigenvalue weighted by Crippen LogP contribution is 2.28. The van der Waals surface area contributed by atoms with Gasteiger partial charge in [-0.2, -0.15) is 0 Å². The Morgan fingerprint density at radius 1 is 1.00 bits per heavy atom. The van der Waals surface area contributed by atoms with Crippen molar-refractivity contribution in [2.45, 2.75) is 0 Å². The van der Waals surface area contributed by atoms with Gasteiger partial charge in [0.05, 0.1) is 11.1 Å². The van der Waals surface area contributed by atoms with Crippen LogP contribution < -0.4 is 0 Å². The van der Waals surface area contributed by atoms with Crippen LogP contribution in [0.2, 0.25) is 0 Å². The molecule has 2 aromatic heterocycles. The van der Waals surface area contributed by atoms with Crippen LogP contribution >= 0.6 is 31.9 Å². The molecule has 0 aliphatic heterocycles. The summed E-state index contributed by atoms with van der Waals surface area (Å²) in [5, 5.41) is 0. The summed E-state index contributed by atoms with van der Waals surface area (Å²) < 4.78 is 28.8. The second kappa shape index (κ2) is 4.64. The molecule has 3 nitrogen and oxygen atoms in total. The molecule has 3 rings (SSSR count). The van der Waals surface area contributed by atoms with E-state index in [9.17, 15) is 8.78 Å². The maximum Gasteiger partial charge on any atom is 0.178 e. The van der Waals surface area contributed by atoms with Crippen LogP contribution in [0.5, 0.6) is 0 Å². The number of pyridine rings is 1. The minimum absolute atomic E-state index is 0.114. The van der Waals surface area contributed by atoms with E-state index >= 15 is 0 Å². The van der Waals surface area contributed by atoms with Crippen molar-refractivity contribution in [3.63, 3.8) is 0 Å². The van der Waals surface area contributed by atoms with Gasteiger partial charge >= 0.3 is 0 Å². The zero-order valence-corrected chi connectivity index (χ0v) is 12.4. The van der Waals surface area contributed by atoms with Crippen molar-refractivity contribution in [3.8, 4) is 11.4 Å². The van der Waals surface area contributed by atoms with E-state index in [1.165, 1.54) is 12.1 Å². The number of fused-ring (bicyclic) bond motifs is 1. The van der Waals surface area contributed by atoms with Gasteiger partial charge in [-0.05, 0) is 34.1 Å². The van der Waals surface area contributed by atoms with E-state index in [-0.39, 0.29) is 11.4 Å². The monoisotopic (exact) mass is 387 g/mol. The molecule has 0 saturated heterocycles. The quantitative estimate of drug-likeness (QED) is 0.670. The Morgan fingerprint density at radius 3 is 2.37 bits per heavy atom. The smallest absolute Gasteiger partial charge is 0.178 e. The first-order chi connectivity index (χ1) is 9.04. The second-order valence-electron chi connectivity index (χ2n) is 3.85. The van der Waals surface area contributed by atoms with Gasteiger partial charge in [0.15, 0.2) is 5.65 Å². The van der Waals surface area contributed by atoms with Crippen LogP contribution in [0.4, 0.5) is 8.78 Å². The molecule has 0 saturated carbocycles. The number of nitrogens with one attached hydrogen (secondary N) is 1. The lowest BCUT2D eigenvalue weighted by molar-refractivity contribution is 0.586. The van der Waals surface area contributed by atoms with Crippen molar-refractivity contribution in [1.29, 1.82) is 0 Å². The molecule has 0 unspecified atom stereocenters. The van der Waals surface area contributed by atoms with Crippen LogP contribution in [0, 0.1) is 11.6 Å². The lowest BCUT2D eigenvalue weighted by Gasteiger charge is -2.02. The summed E-state index contributed by atoms with van der Waals surface area (Å²) in [5.74, 6) is -1.27. The highest BCUT2D eigenvalue weighted by molar-refractivity contribution is 9.10. The minimum atomic E-state index is -0.690. The van der Waals surface area contributed by atoms with Gasteiger partial charge < -0.3 is 4.98 Å². The molecular formula is C12H5Br2F2N3. The van der Waals surface area contributed by atoms with Gasteiger partial charge in [0.2, 0.25) is 0 Å². The topological polar surface area (TPSA) is 41.6 Å². The molecule has 0 aliphatic carbocycles. The van der Waals surface area contributed by atoms with Gasteiger partial charge in [-0.15, -0.1) is 0 Å². The Morgan fingerprint density at radius 2 is 1.68 bits per heavy atom. The number of nitrogens with zero attached hydrogens (tertiary/aromatic N) is 2. The number of hydrogen-bond acceptors (Lipinski definition) is 2. The standard InChI is InChI=1S/C12H5Br2F2N3/c13-5-1-7(15)10(8(16)2-5)12-18-9-3-6(14)4-17-11(9)19-12/h1-4H,(H,17,18,19). The highest BCUT2D eigenvalue weighted by Gasteiger charge is 2.16. The lowest BCUT2D eigenvalue weighted by Crippen LogP contribution is -1.92. The van der Waals surface area contributed by atoms with Gasteiger partial charge in [0.25, 0.3) is 0 Å². The summed E-state index contributed by atoms with van der Waals surface area (Å²) in [6.45, 7) is 0. The van der Waals surface area contributed by atoms with E-state index < -0.39 is 11.6 Å². The van der Waals surface area contributed by atoms with Crippen molar-refractivity contribution in [3.05, 3.63) is 45.0 Å². The summed E-state index contributed by atoms with van der Waals surface area (Å²) in [7, 11) is 0. The number of H-pyrrole nitrogens is 1. The second-order valence-corrected chi connectivity index (χ2v) is 5.69. The minimum Gasteiger partial charge on any atom is -0.336 e. The Bertz CT molecular complexity index is 763. The molecule has 19 heavy (non-hydrogen) atoms. The van der Waals surface area contributed by atoms with E-state index in [0.717, 1.165) is 4.47 Å². The van der Waals surface area contributed by atoms with Crippen molar-refractivity contribution >= 4 is 43.0 Å². The molecule has 0 aliphatic rings. The van der Waals surface area contributed by atoms with E-state index in [0.29, 0.717) is 15.6 Å². The fourth-order valence-electron chi connectivity index (χ4n) is 1.76. The van der Waals surface area contributed by atoms with E-state index in [1.54, 1.807) is 12.3 Å². The maximum atomic E-state index is 13.8. The van der Waals surface area contributed by atoms with Crippen LogP contribution in [-0.2, 0) is 0 Å². The van der Waals surface area contributed by atoms with Gasteiger partial charge in [-0.25, -0.2) is 18.7 Å². The zero-order valence-electron chi connectivity index (χ0n) is 9.22. The Kier molecular flexibility index (Phi) is 3.10. The van der Waals surface area contributed by atoms with Crippen LogP contribution in [-0.4, -0.2) is 15.0 Å². The van der Waals surface area contributed by atoms with E-state index in [4.69, 9.17) is 0 Å². The molecule has 1 N–H and O–H groups in total.